The van der Waals surface area contributed by atoms with Gasteiger partial charge in [0.25, 0.3) is 0 Å². The maximum atomic E-state index is 9.89. The minimum atomic E-state index is -1.21. The Morgan fingerprint density at radius 3 is 2.56 bits per heavy atom. The van der Waals surface area contributed by atoms with Crippen molar-refractivity contribution < 1.29 is 33.2 Å². The molecule has 0 radical (unpaired) electrons. The summed E-state index contributed by atoms with van der Waals surface area (Å²) in [6.45, 7) is 0. The summed E-state index contributed by atoms with van der Waals surface area (Å²) in [4.78, 5) is 9.89. The summed E-state index contributed by atoms with van der Waals surface area (Å²) < 4.78 is 4.45. The van der Waals surface area contributed by atoms with Gasteiger partial charge in [0.1, 0.15) is 0 Å². The van der Waals surface area contributed by atoms with Crippen molar-refractivity contribution in [3.63, 3.8) is 0 Å². The van der Waals surface area contributed by atoms with E-state index < -0.39 is 5.97 Å². The molecule has 1 aromatic rings. The quantitative estimate of drug-likeness (QED) is 0.362. The van der Waals surface area contributed by atoms with Crippen molar-refractivity contribution >= 4 is 5.97 Å². The Balaban J connectivity index is 0.000000640. The Bertz CT molecular complexity index is 180. The van der Waals surface area contributed by atoms with Gasteiger partial charge in [-0.3, -0.25) is 0 Å². The molecule has 0 aromatic carbocycles. The molecular weight excluding hydrogens is 115 g/mol. The van der Waals surface area contributed by atoms with Crippen LogP contribution in [-0.2, 0) is 0 Å². The number of aromatic carboxylic acids is 1. The number of carboxylic acid groups (broad SMARTS) is 1. The topological polar surface area (TPSA) is 53.3 Å². The zero-order chi connectivity index (χ0) is 5.98. The second-order valence-corrected chi connectivity index (χ2v) is 1.30. The van der Waals surface area contributed by atoms with Gasteiger partial charge in [0.05, 0.1) is 18.5 Å². The summed E-state index contributed by atoms with van der Waals surface area (Å²) in [7, 11) is 0. The van der Waals surface area contributed by atoms with E-state index in [1.54, 1.807) is 0 Å². The smallest absolute Gasteiger partial charge is 0.545 e. The molecule has 0 aliphatic carbocycles. The van der Waals surface area contributed by atoms with Gasteiger partial charge in [-0.2, -0.15) is 0 Å². The molecule has 1 heterocycles. The SMILES string of the molecule is O=C([O-])c1ccoc1.[Li+]. The zero-order valence-corrected chi connectivity index (χ0v) is 4.96. The zero-order valence-electron chi connectivity index (χ0n) is 4.96. The van der Waals surface area contributed by atoms with Crippen LogP contribution in [0.15, 0.2) is 23.0 Å². The third kappa shape index (κ3) is 1.96. The third-order valence-electron chi connectivity index (χ3n) is 0.757. The third-order valence-corrected chi connectivity index (χ3v) is 0.757. The monoisotopic (exact) mass is 118 g/mol. The van der Waals surface area contributed by atoms with Crippen LogP contribution in [0.5, 0.6) is 0 Å². The van der Waals surface area contributed by atoms with Crippen LogP contribution in [0, 0.1) is 0 Å². The minimum absolute atomic E-state index is 0. The average molecular weight is 118 g/mol. The van der Waals surface area contributed by atoms with Crippen molar-refractivity contribution in [3.05, 3.63) is 24.2 Å². The number of furan rings is 1. The Morgan fingerprint density at radius 1 is 1.67 bits per heavy atom. The Hall–Kier alpha value is -0.653. The molecule has 0 bridgehead atoms. The molecular formula is C5H3LiO3. The normalized spacial score (nSPS) is 8.00. The van der Waals surface area contributed by atoms with Crippen molar-refractivity contribution in [1.82, 2.24) is 0 Å². The fraction of sp³-hybridized carbons (Fsp3) is 0. The van der Waals surface area contributed by atoms with Crippen molar-refractivity contribution in [1.29, 1.82) is 0 Å². The molecule has 3 nitrogen and oxygen atoms in total. The molecule has 0 amide bonds. The number of carbonyl (C=O) groups excluding carboxylic acids is 1. The van der Waals surface area contributed by atoms with Crippen LogP contribution < -0.4 is 24.0 Å². The first-order valence-electron chi connectivity index (χ1n) is 2.04. The van der Waals surface area contributed by atoms with E-state index in [1.165, 1.54) is 12.3 Å². The summed E-state index contributed by atoms with van der Waals surface area (Å²) in [5.74, 6) is -1.21. The van der Waals surface area contributed by atoms with Gasteiger partial charge in [-0.1, -0.05) is 0 Å². The molecule has 0 aliphatic heterocycles. The maximum Gasteiger partial charge on any atom is 1.00 e. The first-order chi connectivity index (χ1) is 3.80. The Morgan fingerprint density at radius 2 is 2.33 bits per heavy atom. The fourth-order valence-corrected chi connectivity index (χ4v) is 0.381. The van der Waals surface area contributed by atoms with Gasteiger partial charge in [0, 0.05) is 5.56 Å². The second kappa shape index (κ2) is 3.39. The molecule has 0 unspecified atom stereocenters. The molecule has 4 heteroatoms. The van der Waals surface area contributed by atoms with Gasteiger partial charge < -0.3 is 14.3 Å². The van der Waals surface area contributed by atoms with Crippen LogP contribution in [0.2, 0.25) is 0 Å². The molecule has 0 fully saturated rings. The number of carbonyl (C=O) groups is 1. The molecule has 1 aromatic heterocycles. The van der Waals surface area contributed by atoms with Gasteiger partial charge in [0.2, 0.25) is 0 Å². The van der Waals surface area contributed by atoms with Crippen LogP contribution in [0.4, 0.5) is 0 Å². The van der Waals surface area contributed by atoms with Crippen LogP contribution in [0.25, 0.3) is 0 Å². The average Bonchev–Trinajstić information content (AvgIpc) is 2.12. The largest absolute Gasteiger partial charge is 1.00 e. The molecule has 1 rings (SSSR count). The number of carboxylic acids is 1. The van der Waals surface area contributed by atoms with Crippen molar-refractivity contribution in [2.45, 2.75) is 0 Å². The van der Waals surface area contributed by atoms with E-state index >= 15 is 0 Å². The van der Waals surface area contributed by atoms with Crippen molar-refractivity contribution in [3.8, 4) is 0 Å². The van der Waals surface area contributed by atoms with Gasteiger partial charge in [0.15, 0.2) is 0 Å². The molecule has 0 spiro atoms. The number of hydrogen-bond donors (Lipinski definition) is 0. The van der Waals surface area contributed by atoms with E-state index in [0.29, 0.717) is 0 Å². The van der Waals surface area contributed by atoms with Crippen molar-refractivity contribution in [2.75, 3.05) is 0 Å². The van der Waals surface area contributed by atoms with Crippen molar-refractivity contribution in [2.24, 2.45) is 0 Å². The van der Waals surface area contributed by atoms with E-state index in [9.17, 15) is 9.90 Å². The molecule has 9 heavy (non-hydrogen) atoms. The van der Waals surface area contributed by atoms with E-state index in [4.69, 9.17) is 0 Å². The minimum Gasteiger partial charge on any atom is -0.545 e. The van der Waals surface area contributed by atoms with Gasteiger partial charge in [-0.15, -0.1) is 0 Å². The Kier molecular flexibility index (Phi) is 3.14. The molecule has 0 N–H and O–H groups in total. The maximum absolute atomic E-state index is 9.89. The van der Waals surface area contributed by atoms with E-state index in [-0.39, 0.29) is 24.4 Å². The molecule has 0 atom stereocenters. The van der Waals surface area contributed by atoms with Crippen LogP contribution in [0.3, 0.4) is 0 Å². The summed E-state index contributed by atoms with van der Waals surface area (Å²) >= 11 is 0. The van der Waals surface area contributed by atoms with E-state index in [0.717, 1.165) is 6.26 Å². The second-order valence-electron chi connectivity index (χ2n) is 1.30. The predicted molar refractivity (Wildman–Crippen MR) is 23.0 cm³/mol. The summed E-state index contributed by atoms with van der Waals surface area (Å²) in [5.41, 5.74) is 0.0741. The summed E-state index contributed by atoms with van der Waals surface area (Å²) in [6, 6.07) is 1.33. The van der Waals surface area contributed by atoms with Crippen LogP contribution in [0.1, 0.15) is 10.4 Å². The van der Waals surface area contributed by atoms with Gasteiger partial charge in [-0.25, -0.2) is 0 Å². The first-order valence-corrected chi connectivity index (χ1v) is 2.04. The number of hydrogen-bond acceptors (Lipinski definition) is 3. The molecule has 0 saturated heterocycles. The standard InChI is InChI=1S/C5H4O3.Li/c6-5(7)4-1-2-8-3-4;/h1-3H,(H,6,7);/q;+1/p-1. The molecule has 0 aliphatic rings. The van der Waals surface area contributed by atoms with Gasteiger partial charge >= 0.3 is 18.9 Å². The van der Waals surface area contributed by atoms with E-state index in [1.807, 2.05) is 0 Å². The Labute approximate surface area is 63.8 Å². The fourth-order valence-electron chi connectivity index (χ4n) is 0.381. The summed E-state index contributed by atoms with van der Waals surface area (Å²) in [5, 5.41) is 9.89. The van der Waals surface area contributed by atoms with Crippen LogP contribution in [-0.4, -0.2) is 5.97 Å². The molecule has 0 saturated carbocycles. The first kappa shape index (κ1) is 8.35. The van der Waals surface area contributed by atoms with E-state index in [2.05, 4.69) is 4.42 Å². The molecule has 42 valence electrons. The number of rotatable bonds is 1. The van der Waals surface area contributed by atoms with Crippen LogP contribution >= 0.6 is 0 Å². The summed E-state index contributed by atoms with van der Waals surface area (Å²) in [6.07, 6.45) is 2.40. The van der Waals surface area contributed by atoms with Gasteiger partial charge in [-0.05, 0) is 6.07 Å². The predicted octanol–water partition coefficient (Wildman–Crippen LogP) is -3.35.